The van der Waals surface area contributed by atoms with E-state index in [1.807, 2.05) is 0 Å². The van der Waals surface area contributed by atoms with Crippen molar-refractivity contribution in [2.24, 2.45) is 0 Å². The molecule has 2 rings (SSSR count). The summed E-state index contributed by atoms with van der Waals surface area (Å²) in [6.45, 7) is 7.75. The molecular weight excluding hydrogens is 246 g/mol. The fourth-order valence-electron chi connectivity index (χ4n) is 3.62. The molecule has 0 heterocycles. The minimum absolute atomic E-state index is 0.163. The average Bonchev–Trinajstić information content (AvgIpc) is 2.50. The molecule has 1 aliphatic rings. The van der Waals surface area contributed by atoms with Crippen LogP contribution < -0.4 is 0 Å². The zero-order chi connectivity index (χ0) is 14.5. The van der Waals surface area contributed by atoms with Crippen LogP contribution in [0.3, 0.4) is 0 Å². The predicted octanol–water partition coefficient (Wildman–Crippen LogP) is 3.80. The number of nitrogens with zero attached hydrogens (tertiary/aromatic N) is 1. The monoisotopic (exact) mass is 275 g/mol. The van der Waals surface area contributed by atoms with Crippen molar-refractivity contribution in [3.05, 3.63) is 35.9 Å². The lowest BCUT2D eigenvalue weighted by Crippen LogP contribution is -2.50. The maximum absolute atomic E-state index is 10.4. The van der Waals surface area contributed by atoms with Gasteiger partial charge < -0.3 is 5.11 Å². The molecule has 0 amide bonds. The van der Waals surface area contributed by atoms with Gasteiger partial charge in [-0.15, -0.1) is 0 Å². The van der Waals surface area contributed by atoms with E-state index in [9.17, 15) is 5.11 Å². The maximum atomic E-state index is 10.4. The Morgan fingerprint density at radius 3 is 2.50 bits per heavy atom. The summed E-state index contributed by atoms with van der Waals surface area (Å²) in [5, 5.41) is 10.4. The summed E-state index contributed by atoms with van der Waals surface area (Å²) in [4.78, 5) is 2.50. The first kappa shape index (κ1) is 15.5. The molecule has 0 aliphatic heterocycles. The van der Waals surface area contributed by atoms with Crippen molar-refractivity contribution >= 4 is 0 Å². The summed E-state index contributed by atoms with van der Waals surface area (Å²) in [5.74, 6) is 0.600. The molecular formula is C18H29NO. The van der Waals surface area contributed by atoms with Crippen molar-refractivity contribution in [3.63, 3.8) is 0 Å². The van der Waals surface area contributed by atoms with Crippen LogP contribution in [0.4, 0.5) is 0 Å². The maximum Gasteiger partial charge on any atom is 0.0695 e. The molecule has 20 heavy (non-hydrogen) atoms. The van der Waals surface area contributed by atoms with Crippen LogP contribution in [0.25, 0.3) is 0 Å². The summed E-state index contributed by atoms with van der Waals surface area (Å²) in [7, 11) is 0. The first-order valence-electron chi connectivity index (χ1n) is 8.16. The number of rotatable bonds is 5. The lowest BCUT2D eigenvalue weighted by molar-refractivity contribution is -0.00214. The van der Waals surface area contributed by atoms with E-state index in [0.29, 0.717) is 18.0 Å². The van der Waals surface area contributed by atoms with Gasteiger partial charge in [-0.05, 0) is 50.6 Å². The molecule has 4 unspecified atom stereocenters. The van der Waals surface area contributed by atoms with E-state index in [0.717, 1.165) is 32.2 Å². The van der Waals surface area contributed by atoms with E-state index >= 15 is 0 Å². The van der Waals surface area contributed by atoms with E-state index in [2.05, 4.69) is 56.0 Å². The first-order chi connectivity index (χ1) is 9.67. The Kier molecular flexibility index (Phi) is 5.62. The molecule has 1 N–H and O–H groups in total. The fraction of sp³-hybridized carbons (Fsp3) is 0.667. The summed E-state index contributed by atoms with van der Waals surface area (Å²) < 4.78 is 0. The van der Waals surface area contributed by atoms with E-state index in [-0.39, 0.29) is 6.10 Å². The van der Waals surface area contributed by atoms with E-state index in [1.165, 1.54) is 5.56 Å². The van der Waals surface area contributed by atoms with Crippen LogP contribution in [0.2, 0.25) is 0 Å². The molecule has 0 saturated heterocycles. The van der Waals surface area contributed by atoms with Gasteiger partial charge in [0.15, 0.2) is 0 Å². The summed E-state index contributed by atoms with van der Waals surface area (Å²) in [5.41, 5.74) is 1.43. The molecule has 1 aliphatic carbocycles. The second kappa shape index (κ2) is 7.24. The summed E-state index contributed by atoms with van der Waals surface area (Å²) >= 11 is 0. The smallest absolute Gasteiger partial charge is 0.0695 e. The molecule has 1 aromatic carbocycles. The molecule has 1 aromatic rings. The number of aliphatic hydroxyl groups excluding tert-OH is 1. The normalized spacial score (nSPS) is 28.6. The summed E-state index contributed by atoms with van der Waals surface area (Å²) in [6.07, 6.45) is 4.11. The molecule has 0 bridgehead atoms. The van der Waals surface area contributed by atoms with E-state index in [1.54, 1.807) is 0 Å². The highest BCUT2D eigenvalue weighted by atomic mass is 16.3. The number of aliphatic hydroxyl groups is 1. The van der Waals surface area contributed by atoms with Crippen LogP contribution >= 0.6 is 0 Å². The van der Waals surface area contributed by atoms with Crippen molar-refractivity contribution in [3.8, 4) is 0 Å². The fourth-order valence-corrected chi connectivity index (χ4v) is 3.62. The third kappa shape index (κ3) is 3.42. The van der Waals surface area contributed by atoms with Crippen molar-refractivity contribution in [2.75, 3.05) is 6.54 Å². The predicted molar refractivity (Wildman–Crippen MR) is 85.0 cm³/mol. The standard InChI is InChI=1S/C18H29NO/c1-4-14(3)19(5-2)17-13-16(11-12-18(17)20)15-9-7-6-8-10-15/h6-10,14,16-18,20H,4-5,11-13H2,1-3H3. The first-order valence-corrected chi connectivity index (χ1v) is 8.16. The number of hydrogen-bond acceptors (Lipinski definition) is 2. The molecule has 2 heteroatoms. The number of likely N-dealkylation sites (N-methyl/N-ethyl adjacent to an activating group) is 1. The zero-order valence-corrected chi connectivity index (χ0v) is 13.1. The highest BCUT2D eigenvalue weighted by molar-refractivity contribution is 5.20. The third-order valence-electron chi connectivity index (χ3n) is 5.00. The third-order valence-corrected chi connectivity index (χ3v) is 5.00. The van der Waals surface area contributed by atoms with E-state index < -0.39 is 0 Å². The highest BCUT2D eigenvalue weighted by Gasteiger charge is 2.34. The Hall–Kier alpha value is -0.860. The lowest BCUT2D eigenvalue weighted by Gasteiger charge is -2.43. The van der Waals surface area contributed by atoms with Crippen LogP contribution in [0, 0.1) is 0 Å². The average molecular weight is 275 g/mol. The second-order valence-electron chi connectivity index (χ2n) is 6.14. The van der Waals surface area contributed by atoms with Gasteiger partial charge in [-0.3, -0.25) is 4.90 Å². The number of hydrogen-bond donors (Lipinski definition) is 1. The van der Waals surface area contributed by atoms with Crippen LogP contribution in [0.5, 0.6) is 0 Å². The number of benzene rings is 1. The molecule has 2 nitrogen and oxygen atoms in total. The molecule has 0 aromatic heterocycles. The summed E-state index contributed by atoms with van der Waals surface area (Å²) in [6, 6.07) is 11.7. The van der Waals surface area contributed by atoms with Crippen molar-refractivity contribution < 1.29 is 5.11 Å². The van der Waals surface area contributed by atoms with Gasteiger partial charge in [0, 0.05) is 12.1 Å². The minimum Gasteiger partial charge on any atom is -0.391 e. The Labute approximate surface area is 123 Å². The van der Waals surface area contributed by atoms with Gasteiger partial charge in [-0.2, -0.15) is 0 Å². The van der Waals surface area contributed by atoms with Crippen LogP contribution in [-0.2, 0) is 0 Å². The van der Waals surface area contributed by atoms with Crippen LogP contribution in [0.1, 0.15) is 57.9 Å². The van der Waals surface area contributed by atoms with Gasteiger partial charge in [0.2, 0.25) is 0 Å². The molecule has 1 saturated carbocycles. The van der Waals surface area contributed by atoms with E-state index in [4.69, 9.17) is 0 Å². The Morgan fingerprint density at radius 2 is 1.90 bits per heavy atom. The van der Waals surface area contributed by atoms with Crippen molar-refractivity contribution in [1.29, 1.82) is 0 Å². The SMILES string of the molecule is CCC(C)N(CC)C1CC(c2ccccc2)CCC1O. The largest absolute Gasteiger partial charge is 0.391 e. The lowest BCUT2D eigenvalue weighted by atomic mass is 9.79. The zero-order valence-electron chi connectivity index (χ0n) is 13.1. The second-order valence-corrected chi connectivity index (χ2v) is 6.14. The molecule has 0 radical (unpaired) electrons. The Bertz CT molecular complexity index is 392. The highest BCUT2D eigenvalue weighted by Crippen LogP contribution is 2.36. The van der Waals surface area contributed by atoms with Crippen LogP contribution in [-0.4, -0.2) is 34.7 Å². The van der Waals surface area contributed by atoms with Gasteiger partial charge >= 0.3 is 0 Å². The van der Waals surface area contributed by atoms with Crippen molar-refractivity contribution in [2.45, 2.75) is 70.6 Å². The van der Waals surface area contributed by atoms with Gasteiger partial charge in [0.1, 0.15) is 0 Å². The molecule has 0 spiro atoms. The molecule has 112 valence electrons. The van der Waals surface area contributed by atoms with Gasteiger partial charge in [0.05, 0.1) is 6.10 Å². The molecule has 4 atom stereocenters. The van der Waals surface area contributed by atoms with Gasteiger partial charge in [-0.1, -0.05) is 44.2 Å². The van der Waals surface area contributed by atoms with Crippen LogP contribution in [0.15, 0.2) is 30.3 Å². The Balaban J connectivity index is 2.12. The van der Waals surface area contributed by atoms with Crippen molar-refractivity contribution in [1.82, 2.24) is 4.90 Å². The Morgan fingerprint density at radius 1 is 1.20 bits per heavy atom. The van der Waals surface area contributed by atoms with Gasteiger partial charge in [0.25, 0.3) is 0 Å². The molecule has 1 fully saturated rings. The quantitative estimate of drug-likeness (QED) is 0.883. The van der Waals surface area contributed by atoms with Gasteiger partial charge in [-0.25, -0.2) is 0 Å². The minimum atomic E-state index is -0.163. The topological polar surface area (TPSA) is 23.5 Å².